The van der Waals surface area contributed by atoms with Crippen LogP contribution in [0.2, 0.25) is 0 Å². The molecule has 10 heteroatoms. The highest BCUT2D eigenvalue weighted by Crippen LogP contribution is 2.42. The van der Waals surface area contributed by atoms with Gasteiger partial charge in [0.15, 0.2) is 17.6 Å². The number of carbonyl (C=O) groups excluding carboxylic acids is 2. The predicted molar refractivity (Wildman–Crippen MR) is 92.4 cm³/mol. The molecule has 1 saturated heterocycles. The van der Waals surface area contributed by atoms with Crippen LogP contribution in [-0.4, -0.2) is 56.6 Å². The minimum absolute atomic E-state index is 0.0448. The van der Waals surface area contributed by atoms with E-state index in [0.717, 1.165) is 17.6 Å². The van der Waals surface area contributed by atoms with Gasteiger partial charge in [-0.05, 0) is 19.1 Å². The van der Waals surface area contributed by atoms with Gasteiger partial charge in [-0.25, -0.2) is 4.79 Å². The molecule has 0 N–H and O–H groups in total. The van der Waals surface area contributed by atoms with Crippen molar-refractivity contribution >= 4 is 33.8 Å². The molecule has 26 heavy (non-hydrogen) atoms. The summed E-state index contributed by atoms with van der Waals surface area (Å²) in [6, 6.07) is 6.11. The zero-order valence-corrected chi connectivity index (χ0v) is 15.9. The van der Waals surface area contributed by atoms with Crippen molar-refractivity contribution in [3.05, 3.63) is 41.3 Å². The second-order valence-electron chi connectivity index (χ2n) is 5.68. The second-order valence-corrected chi connectivity index (χ2v) is 8.33. The molecule has 0 aliphatic carbocycles. The van der Waals surface area contributed by atoms with E-state index in [0.29, 0.717) is 0 Å². The fourth-order valence-electron chi connectivity index (χ4n) is 2.68. The van der Waals surface area contributed by atoms with Crippen molar-refractivity contribution in [2.75, 3.05) is 20.0 Å². The molecule has 1 unspecified atom stereocenters. The van der Waals surface area contributed by atoms with E-state index in [-0.39, 0.29) is 22.1 Å². The van der Waals surface area contributed by atoms with Crippen LogP contribution in [0.15, 0.2) is 40.6 Å². The number of thioether (sulfide) groups is 1. The molecule has 1 aromatic carbocycles. The number of ether oxygens (including phenoxy) is 2. The third-order valence-electron chi connectivity index (χ3n) is 4.04. The van der Waals surface area contributed by atoms with E-state index in [9.17, 15) is 18.0 Å². The number of hydrogen-bond donors (Lipinski definition) is 0. The number of hydrogen-bond acceptors (Lipinski definition) is 8. The van der Waals surface area contributed by atoms with Crippen LogP contribution in [0.1, 0.15) is 5.56 Å². The van der Waals surface area contributed by atoms with Gasteiger partial charge in [-0.2, -0.15) is 8.42 Å². The van der Waals surface area contributed by atoms with Crippen LogP contribution in [0, 0.1) is 6.92 Å². The Kier molecular flexibility index (Phi) is 5.00. The largest absolute Gasteiger partial charge is 0.464 e. The van der Waals surface area contributed by atoms with Gasteiger partial charge in [-0.3, -0.25) is 9.69 Å². The number of benzene rings is 1. The molecule has 0 radical (unpaired) electrons. The summed E-state index contributed by atoms with van der Waals surface area (Å²) in [5.74, 6) is -1.34. The SMILES string of the molecule is COC(=O)C1=C(OS(=O)(=O)c2ccc(C)cc2)CSC2[C@@H](OC)C(=O)N12. The predicted octanol–water partition coefficient (Wildman–Crippen LogP) is 1.02. The summed E-state index contributed by atoms with van der Waals surface area (Å²) < 4.78 is 40.1. The number of amides is 1. The Labute approximate surface area is 155 Å². The van der Waals surface area contributed by atoms with E-state index in [1.54, 1.807) is 12.1 Å². The van der Waals surface area contributed by atoms with Crippen molar-refractivity contribution in [2.45, 2.75) is 23.3 Å². The van der Waals surface area contributed by atoms with Crippen LogP contribution in [0.25, 0.3) is 0 Å². The quantitative estimate of drug-likeness (QED) is 0.411. The van der Waals surface area contributed by atoms with E-state index in [4.69, 9.17) is 13.7 Å². The van der Waals surface area contributed by atoms with Crippen LogP contribution in [0.3, 0.4) is 0 Å². The third-order valence-corrected chi connectivity index (χ3v) is 6.54. The number of β-lactam (4-membered cyclic amide) rings is 1. The van der Waals surface area contributed by atoms with E-state index < -0.39 is 33.5 Å². The Morgan fingerprint density at radius 2 is 1.88 bits per heavy atom. The molecule has 2 atom stereocenters. The molecule has 3 rings (SSSR count). The van der Waals surface area contributed by atoms with Gasteiger partial charge in [0.2, 0.25) is 0 Å². The number of aryl methyl sites for hydroxylation is 1. The lowest BCUT2D eigenvalue weighted by Gasteiger charge is -2.48. The Hall–Kier alpha value is -2.04. The first-order valence-electron chi connectivity index (χ1n) is 7.60. The molecule has 2 aliphatic heterocycles. The van der Waals surface area contributed by atoms with Crippen molar-refractivity contribution < 1.29 is 31.7 Å². The number of esters is 1. The Balaban J connectivity index is 1.97. The first-order chi connectivity index (χ1) is 12.3. The molecule has 140 valence electrons. The molecule has 1 aromatic rings. The van der Waals surface area contributed by atoms with Crippen molar-refractivity contribution in [1.29, 1.82) is 0 Å². The molecule has 0 spiro atoms. The smallest absolute Gasteiger partial charge is 0.358 e. The fraction of sp³-hybridized carbons (Fsp3) is 0.375. The number of fused-ring (bicyclic) bond motifs is 1. The first kappa shape index (κ1) is 18.7. The number of carbonyl (C=O) groups is 2. The standard InChI is InChI=1S/C16H17NO7S2/c1-9-4-6-10(7-5-9)26(20,21)24-11-8-25-15-13(22-2)14(18)17(15)12(11)16(19)23-3/h4-7,13,15H,8H2,1-3H3/t13-,15?/m0/s1. The molecule has 0 bridgehead atoms. The van der Waals surface area contributed by atoms with Crippen molar-refractivity contribution in [2.24, 2.45) is 0 Å². The third kappa shape index (κ3) is 3.08. The molecule has 0 aromatic heterocycles. The number of methoxy groups -OCH3 is 2. The lowest BCUT2D eigenvalue weighted by Crippen LogP contribution is -2.65. The van der Waals surface area contributed by atoms with Gasteiger partial charge in [0.1, 0.15) is 10.3 Å². The zero-order valence-electron chi connectivity index (χ0n) is 14.3. The molecule has 1 fully saturated rings. The van der Waals surface area contributed by atoms with E-state index in [2.05, 4.69) is 0 Å². The van der Waals surface area contributed by atoms with E-state index >= 15 is 0 Å². The van der Waals surface area contributed by atoms with E-state index in [1.165, 1.54) is 31.0 Å². The van der Waals surface area contributed by atoms with Gasteiger partial charge in [-0.1, -0.05) is 17.7 Å². The highest BCUT2D eigenvalue weighted by molar-refractivity contribution is 8.00. The maximum absolute atomic E-state index is 12.5. The summed E-state index contributed by atoms with van der Waals surface area (Å²) in [4.78, 5) is 25.5. The van der Waals surface area contributed by atoms with Crippen LogP contribution in [-0.2, 0) is 33.4 Å². The average Bonchev–Trinajstić information content (AvgIpc) is 2.61. The highest BCUT2D eigenvalue weighted by Gasteiger charge is 2.55. The second kappa shape index (κ2) is 6.93. The summed E-state index contributed by atoms with van der Waals surface area (Å²) in [5, 5.41) is -0.420. The molecule has 1 amide bonds. The number of rotatable bonds is 5. The van der Waals surface area contributed by atoms with Gasteiger partial charge < -0.3 is 13.7 Å². The minimum Gasteiger partial charge on any atom is -0.464 e. The van der Waals surface area contributed by atoms with Gasteiger partial charge >= 0.3 is 16.1 Å². The lowest BCUT2D eigenvalue weighted by molar-refractivity contribution is -0.163. The molecule has 0 saturated carbocycles. The zero-order chi connectivity index (χ0) is 19.1. The first-order valence-corrected chi connectivity index (χ1v) is 10.1. The van der Waals surface area contributed by atoms with Crippen molar-refractivity contribution in [3.8, 4) is 0 Å². The summed E-state index contributed by atoms with van der Waals surface area (Å²) in [7, 11) is -1.61. The summed E-state index contributed by atoms with van der Waals surface area (Å²) in [6.45, 7) is 1.83. The van der Waals surface area contributed by atoms with Crippen LogP contribution >= 0.6 is 11.8 Å². The molecule has 2 aliphatic rings. The van der Waals surface area contributed by atoms with Crippen LogP contribution in [0.5, 0.6) is 0 Å². The van der Waals surface area contributed by atoms with Gasteiger partial charge in [-0.15, -0.1) is 11.8 Å². The summed E-state index contributed by atoms with van der Waals surface area (Å²) in [6.07, 6.45) is -0.685. The van der Waals surface area contributed by atoms with Gasteiger partial charge in [0.25, 0.3) is 5.91 Å². The van der Waals surface area contributed by atoms with Crippen LogP contribution in [0.4, 0.5) is 0 Å². The lowest BCUT2D eigenvalue weighted by atomic mass is 10.1. The maximum Gasteiger partial charge on any atom is 0.358 e. The summed E-state index contributed by atoms with van der Waals surface area (Å²) in [5.41, 5.74) is 0.691. The molecular formula is C16H17NO7S2. The minimum atomic E-state index is -4.15. The number of nitrogens with zero attached hydrogens (tertiary/aromatic N) is 1. The monoisotopic (exact) mass is 399 g/mol. The van der Waals surface area contributed by atoms with Crippen molar-refractivity contribution in [1.82, 2.24) is 4.90 Å². The normalized spacial score (nSPS) is 22.6. The Morgan fingerprint density at radius 1 is 1.23 bits per heavy atom. The Bertz CT molecular complexity index is 876. The van der Waals surface area contributed by atoms with Gasteiger partial charge in [0, 0.05) is 7.11 Å². The fourth-order valence-corrected chi connectivity index (χ4v) is 5.00. The molecular weight excluding hydrogens is 382 g/mol. The maximum atomic E-state index is 12.5. The van der Waals surface area contributed by atoms with Crippen LogP contribution < -0.4 is 0 Å². The van der Waals surface area contributed by atoms with E-state index in [1.807, 2.05) is 6.92 Å². The molecule has 8 nitrogen and oxygen atoms in total. The highest BCUT2D eigenvalue weighted by atomic mass is 32.2. The van der Waals surface area contributed by atoms with Gasteiger partial charge in [0.05, 0.1) is 12.9 Å². The molecule has 2 heterocycles. The topological polar surface area (TPSA) is 99.2 Å². The summed E-state index contributed by atoms with van der Waals surface area (Å²) >= 11 is 1.25. The Morgan fingerprint density at radius 3 is 2.46 bits per heavy atom. The average molecular weight is 399 g/mol. The van der Waals surface area contributed by atoms with Crippen molar-refractivity contribution in [3.63, 3.8) is 0 Å².